The summed E-state index contributed by atoms with van der Waals surface area (Å²) < 4.78 is 5.57. The molecule has 3 heteroatoms. The van der Waals surface area contributed by atoms with Crippen molar-refractivity contribution in [2.45, 2.75) is 83.4 Å². The molecule has 20 heavy (non-hydrogen) atoms. The lowest BCUT2D eigenvalue weighted by atomic mass is 9.86. The molecule has 1 atom stereocenters. The van der Waals surface area contributed by atoms with Crippen LogP contribution in [0.2, 0.25) is 0 Å². The van der Waals surface area contributed by atoms with Crippen molar-refractivity contribution in [3.63, 3.8) is 0 Å². The summed E-state index contributed by atoms with van der Waals surface area (Å²) in [4.78, 5) is 2.70. The van der Waals surface area contributed by atoms with E-state index in [2.05, 4.69) is 45.0 Å². The van der Waals surface area contributed by atoms with Gasteiger partial charge in [0, 0.05) is 18.7 Å². The molecule has 0 amide bonds. The van der Waals surface area contributed by atoms with Crippen molar-refractivity contribution in [1.82, 2.24) is 10.2 Å². The molecule has 0 bridgehead atoms. The topological polar surface area (TPSA) is 24.5 Å². The molecule has 0 saturated carbocycles. The molecular formula is C17H36N2O. The maximum atomic E-state index is 5.57. The number of likely N-dealkylation sites (tertiary alicyclic amines) is 1. The summed E-state index contributed by atoms with van der Waals surface area (Å²) >= 11 is 0. The number of rotatable bonds is 7. The van der Waals surface area contributed by atoms with Crippen molar-refractivity contribution in [1.29, 1.82) is 0 Å². The van der Waals surface area contributed by atoms with E-state index in [0.717, 1.165) is 12.8 Å². The van der Waals surface area contributed by atoms with Crippen LogP contribution in [0.15, 0.2) is 0 Å². The first-order valence-corrected chi connectivity index (χ1v) is 8.31. The number of hydrogen-bond donors (Lipinski definition) is 1. The maximum Gasteiger partial charge on any atom is 0.0623 e. The second kappa shape index (κ2) is 7.77. The average Bonchev–Trinajstić information content (AvgIpc) is 2.68. The predicted octanol–water partition coefficient (Wildman–Crippen LogP) is 3.43. The molecule has 1 unspecified atom stereocenters. The van der Waals surface area contributed by atoms with Crippen molar-refractivity contribution in [3.05, 3.63) is 0 Å². The van der Waals surface area contributed by atoms with E-state index in [1.807, 2.05) is 7.11 Å². The molecule has 1 saturated heterocycles. The number of likely N-dealkylation sites (N-methyl/N-ethyl adjacent to an activating group) is 1. The molecule has 3 nitrogen and oxygen atoms in total. The van der Waals surface area contributed by atoms with E-state index in [1.54, 1.807) is 0 Å². The third-order valence-electron chi connectivity index (χ3n) is 5.21. The third-order valence-corrected chi connectivity index (χ3v) is 5.21. The summed E-state index contributed by atoms with van der Waals surface area (Å²) in [6.45, 7) is 11.7. The molecule has 1 heterocycles. The first kappa shape index (κ1) is 17.9. The summed E-state index contributed by atoms with van der Waals surface area (Å²) in [6.07, 6.45) is 7.74. The molecule has 0 aromatic heterocycles. The minimum absolute atomic E-state index is 0.0238. The molecule has 1 fully saturated rings. The Kier molecular flexibility index (Phi) is 6.96. The molecule has 0 aromatic carbocycles. The second-order valence-corrected chi connectivity index (χ2v) is 7.40. The van der Waals surface area contributed by atoms with Gasteiger partial charge in [-0.25, -0.2) is 0 Å². The van der Waals surface area contributed by atoms with Gasteiger partial charge >= 0.3 is 0 Å². The zero-order chi connectivity index (χ0) is 15.2. The Labute approximate surface area is 126 Å². The van der Waals surface area contributed by atoms with Crippen LogP contribution in [0.1, 0.15) is 66.2 Å². The highest BCUT2D eigenvalue weighted by Gasteiger charge is 2.35. The highest BCUT2D eigenvalue weighted by molar-refractivity contribution is 4.94. The third kappa shape index (κ3) is 5.01. The Bertz CT molecular complexity index is 268. The van der Waals surface area contributed by atoms with E-state index in [4.69, 9.17) is 4.74 Å². The fraction of sp³-hybridized carbons (Fsp3) is 1.00. The highest BCUT2D eigenvalue weighted by atomic mass is 16.5. The summed E-state index contributed by atoms with van der Waals surface area (Å²) in [5, 5.41) is 3.56. The monoisotopic (exact) mass is 284 g/mol. The standard InChI is InChI=1S/C17H36N2O/c1-16(2,20-6)12-11-15(18-5)17(3,4)19-13-9-7-8-10-14-19/h15,18H,7-14H2,1-6H3. The van der Waals surface area contributed by atoms with E-state index >= 15 is 0 Å². The fourth-order valence-corrected chi connectivity index (χ4v) is 3.31. The molecule has 0 aliphatic carbocycles. The zero-order valence-electron chi connectivity index (χ0n) is 14.6. The minimum atomic E-state index is -0.0238. The van der Waals surface area contributed by atoms with Gasteiger partial charge in [0.25, 0.3) is 0 Å². The van der Waals surface area contributed by atoms with Crippen molar-refractivity contribution >= 4 is 0 Å². The Morgan fingerprint density at radius 1 is 1.05 bits per heavy atom. The van der Waals surface area contributed by atoms with Gasteiger partial charge in [-0.2, -0.15) is 0 Å². The molecule has 0 aromatic rings. The number of hydrogen-bond acceptors (Lipinski definition) is 3. The predicted molar refractivity (Wildman–Crippen MR) is 87.3 cm³/mol. The largest absolute Gasteiger partial charge is 0.379 e. The van der Waals surface area contributed by atoms with E-state index in [9.17, 15) is 0 Å². The summed E-state index contributed by atoms with van der Waals surface area (Å²) in [5.41, 5.74) is 0.187. The fourth-order valence-electron chi connectivity index (χ4n) is 3.31. The van der Waals surface area contributed by atoms with Gasteiger partial charge in [0.2, 0.25) is 0 Å². The summed E-state index contributed by atoms with van der Waals surface area (Å²) in [6, 6.07) is 0.509. The Morgan fingerprint density at radius 3 is 2.05 bits per heavy atom. The quantitative estimate of drug-likeness (QED) is 0.775. The summed E-state index contributed by atoms with van der Waals surface area (Å²) in [7, 11) is 3.92. The molecular weight excluding hydrogens is 248 g/mol. The van der Waals surface area contributed by atoms with Gasteiger partial charge in [-0.05, 0) is 73.5 Å². The first-order chi connectivity index (χ1) is 9.33. The van der Waals surface area contributed by atoms with Crippen molar-refractivity contribution in [3.8, 4) is 0 Å². The molecule has 1 N–H and O–H groups in total. The van der Waals surface area contributed by atoms with Crippen LogP contribution in [0.25, 0.3) is 0 Å². The molecule has 0 radical (unpaired) electrons. The molecule has 0 spiro atoms. The van der Waals surface area contributed by atoms with Crippen LogP contribution in [0, 0.1) is 0 Å². The lowest BCUT2D eigenvalue weighted by molar-refractivity contribution is 0.00357. The molecule has 1 rings (SSSR count). The van der Waals surface area contributed by atoms with Crippen LogP contribution in [-0.2, 0) is 4.74 Å². The van der Waals surface area contributed by atoms with Gasteiger partial charge in [-0.1, -0.05) is 12.8 Å². The van der Waals surface area contributed by atoms with E-state index < -0.39 is 0 Å². The van der Waals surface area contributed by atoms with Crippen molar-refractivity contribution < 1.29 is 4.74 Å². The van der Waals surface area contributed by atoms with Crippen LogP contribution in [0.4, 0.5) is 0 Å². The Morgan fingerprint density at radius 2 is 1.60 bits per heavy atom. The SMILES string of the molecule is CNC(CCC(C)(C)OC)C(C)(C)N1CCCCCC1. The minimum Gasteiger partial charge on any atom is -0.379 e. The van der Waals surface area contributed by atoms with Gasteiger partial charge in [0.1, 0.15) is 0 Å². The van der Waals surface area contributed by atoms with Gasteiger partial charge in [-0.15, -0.1) is 0 Å². The smallest absolute Gasteiger partial charge is 0.0623 e. The number of nitrogens with one attached hydrogen (secondary N) is 1. The molecule has 120 valence electrons. The van der Waals surface area contributed by atoms with Crippen LogP contribution in [0.3, 0.4) is 0 Å². The second-order valence-electron chi connectivity index (χ2n) is 7.40. The average molecular weight is 284 g/mol. The molecule has 1 aliphatic rings. The van der Waals surface area contributed by atoms with E-state index in [1.165, 1.54) is 38.8 Å². The number of nitrogens with zero attached hydrogens (tertiary/aromatic N) is 1. The Hall–Kier alpha value is -0.120. The van der Waals surface area contributed by atoms with Gasteiger partial charge in [-0.3, -0.25) is 4.90 Å². The Balaban J connectivity index is 2.65. The zero-order valence-corrected chi connectivity index (χ0v) is 14.6. The van der Waals surface area contributed by atoms with Crippen molar-refractivity contribution in [2.24, 2.45) is 0 Å². The van der Waals surface area contributed by atoms with Gasteiger partial charge in [0.05, 0.1) is 5.60 Å². The normalized spacial score (nSPS) is 20.7. The van der Waals surface area contributed by atoms with E-state index in [0.29, 0.717) is 6.04 Å². The van der Waals surface area contributed by atoms with Gasteiger partial charge in [0.15, 0.2) is 0 Å². The lowest BCUT2D eigenvalue weighted by Gasteiger charge is -2.44. The maximum absolute atomic E-state index is 5.57. The van der Waals surface area contributed by atoms with Crippen LogP contribution in [0.5, 0.6) is 0 Å². The summed E-state index contributed by atoms with van der Waals surface area (Å²) in [5.74, 6) is 0. The van der Waals surface area contributed by atoms with Crippen molar-refractivity contribution in [2.75, 3.05) is 27.2 Å². The highest BCUT2D eigenvalue weighted by Crippen LogP contribution is 2.28. The number of ether oxygens (including phenoxy) is 1. The first-order valence-electron chi connectivity index (χ1n) is 8.31. The van der Waals surface area contributed by atoms with Gasteiger partial charge < -0.3 is 10.1 Å². The molecule has 1 aliphatic heterocycles. The van der Waals surface area contributed by atoms with E-state index in [-0.39, 0.29) is 11.1 Å². The van der Waals surface area contributed by atoms with Crippen LogP contribution < -0.4 is 5.32 Å². The van der Waals surface area contributed by atoms with Crippen LogP contribution >= 0.6 is 0 Å². The lowest BCUT2D eigenvalue weighted by Crippen LogP contribution is -2.57. The van der Waals surface area contributed by atoms with Crippen LogP contribution in [-0.4, -0.2) is 49.3 Å². The number of methoxy groups -OCH3 is 1.